The summed E-state index contributed by atoms with van der Waals surface area (Å²) in [6, 6.07) is 43.9. The van der Waals surface area contributed by atoms with Crippen LogP contribution in [0.4, 0.5) is 5.69 Å². The van der Waals surface area contributed by atoms with Crippen LogP contribution in [0.1, 0.15) is 0 Å². The second-order valence-electron chi connectivity index (χ2n) is 11.5. The molecule has 218 valence electrons. The fourth-order valence-corrected chi connectivity index (χ4v) is 6.96. The van der Waals surface area contributed by atoms with Crippen LogP contribution in [0.25, 0.3) is 77.9 Å². The summed E-state index contributed by atoms with van der Waals surface area (Å²) in [5.74, 6) is 0.773. The van der Waals surface area contributed by atoms with Crippen LogP contribution in [-0.4, -0.2) is 23.1 Å². The molecule has 0 aliphatic carbocycles. The average molecular weight is 597 g/mol. The van der Waals surface area contributed by atoms with Crippen molar-refractivity contribution in [2.24, 2.45) is 0 Å². The van der Waals surface area contributed by atoms with Crippen molar-refractivity contribution in [1.82, 2.24) is 23.1 Å². The lowest BCUT2D eigenvalue weighted by atomic mass is 10.1. The number of nitrogens with zero attached hydrogens (tertiary/aromatic N) is 5. The monoisotopic (exact) mass is 596 g/mol. The first-order valence-corrected chi connectivity index (χ1v) is 15.1. The topological polar surface area (TPSA) is 88.3 Å². The van der Waals surface area contributed by atoms with Crippen molar-refractivity contribution in [1.29, 1.82) is 0 Å². The molecule has 8 heteroatoms. The highest BCUT2D eigenvalue weighted by molar-refractivity contribution is 6.05. The van der Waals surface area contributed by atoms with Crippen molar-refractivity contribution >= 4 is 66.5 Å². The minimum Gasteiger partial charge on any atom is -0.456 e. The molecule has 0 amide bonds. The van der Waals surface area contributed by atoms with Crippen molar-refractivity contribution < 1.29 is 4.42 Å². The van der Waals surface area contributed by atoms with Gasteiger partial charge in [-0.2, -0.15) is 0 Å². The standard InChI is InChI=1S/C38H24N6O2/c39-27-21-34-28(40-37-41(23-10-2-1-3-11-23)29-13-5-7-15-31(29)43(34)37)22-33(27)44-32-16-8-6-14-30(32)42(38(44)45)24-18-19-36-26(20-24)25-12-4-9-17-35(25)46-36/h1-22H,39H2. The van der Waals surface area contributed by atoms with Gasteiger partial charge in [0.25, 0.3) is 0 Å². The molecule has 6 aromatic carbocycles. The van der Waals surface area contributed by atoms with Gasteiger partial charge in [-0.15, -0.1) is 0 Å². The minimum absolute atomic E-state index is 0.220. The molecular formula is C38H24N6O2. The van der Waals surface area contributed by atoms with E-state index in [9.17, 15) is 4.79 Å². The number of aromatic nitrogens is 5. The van der Waals surface area contributed by atoms with Gasteiger partial charge in [-0.3, -0.25) is 18.1 Å². The number of fused-ring (bicyclic) bond motifs is 9. The number of imidazole rings is 3. The third kappa shape index (κ3) is 3.27. The Balaban J connectivity index is 1.23. The molecule has 8 nitrogen and oxygen atoms in total. The summed E-state index contributed by atoms with van der Waals surface area (Å²) >= 11 is 0. The number of hydrogen-bond acceptors (Lipinski definition) is 4. The number of anilines is 1. The molecule has 0 saturated carbocycles. The fourth-order valence-electron chi connectivity index (χ4n) is 6.96. The lowest BCUT2D eigenvalue weighted by molar-refractivity contribution is 0.669. The Labute approximate surface area is 260 Å². The van der Waals surface area contributed by atoms with Crippen molar-refractivity contribution in [3.8, 4) is 17.1 Å². The number of benzene rings is 6. The molecule has 4 heterocycles. The molecule has 0 atom stereocenters. The van der Waals surface area contributed by atoms with E-state index in [1.165, 1.54) is 0 Å². The first-order chi connectivity index (χ1) is 22.7. The molecule has 0 aliphatic heterocycles. The third-order valence-electron chi connectivity index (χ3n) is 8.97. The van der Waals surface area contributed by atoms with Crippen molar-refractivity contribution in [3.05, 3.63) is 144 Å². The van der Waals surface area contributed by atoms with Gasteiger partial charge in [-0.1, -0.05) is 60.7 Å². The van der Waals surface area contributed by atoms with Gasteiger partial charge < -0.3 is 10.2 Å². The van der Waals surface area contributed by atoms with Crippen LogP contribution in [0, 0.1) is 0 Å². The Morgan fingerprint density at radius 2 is 1.20 bits per heavy atom. The number of para-hydroxylation sites is 6. The minimum atomic E-state index is -0.220. The zero-order valence-electron chi connectivity index (χ0n) is 24.3. The zero-order chi connectivity index (χ0) is 30.5. The van der Waals surface area contributed by atoms with Gasteiger partial charge in [0.1, 0.15) is 11.2 Å². The molecule has 0 aliphatic rings. The smallest absolute Gasteiger partial charge is 0.338 e. The molecule has 4 aromatic heterocycles. The Morgan fingerprint density at radius 1 is 0.543 bits per heavy atom. The maximum atomic E-state index is 14.5. The number of nitrogens with two attached hydrogens (primary N) is 1. The normalized spacial score (nSPS) is 12.1. The first kappa shape index (κ1) is 24.9. The zero-order valence-corrected chi connectivity index (χ0v) is 24.3. The van der Waals surface area contributed by atoms with E-state index in [-0.39, 0.29) is 5.69 Å². The number of hydrogen-bond donors (Lipinski definition) is 1. The highest BCUT2D eigenvalue weighted by atomic mass is 16.3. The first-order valence-electron chi connectivity index (χ1n) is 15.1. The largest absolute Gasteiger partial charge is 0.456 e. The highest BCUT2D eigenvalue weighted by Gasteiger charge is 2.22. The third-order valence-corrected chi connectivity index (χ3v) is 8.97. The van der Waals surface area contributed by atoms with Crippen molar-refractivity contribution in [2.75, 3.05) is 5.73 Å². The highest BCUT2D eigenvalue weighted by Crippen LogP contribution is 2.34. The van der Waals surface area contributed by atoms with Crippen LogP contribution in [-0.2, 0) is 0 Å². The summed E-state index contributed by atoms with van der Waals surface area (Å²) in [5.41, 5.74) is 16.2. The molecule has 2 N–H and O–H groups in total. The van der Waals surface area contributed by atoms with E-state index in [1.807, 2.05) is 109 Å². The summed E-state index contributed by atoms with van der Waals surface area (Å²) in [6.07, 6.45) is 0. The summed E-state index contributed by atoms with van der Waals surface area (Å²) in [7, 11) is 0. The quantitative estimate of drug-likeness (QED) is 0.209. The number of rotatable bonds is 3. The lowest BCUT2D eigenvalue weighted by Crippen LogP contribution is -2.22. The van der Waals surface area contributed by atoms with E-state index in [0.717, 1.165) is 72.2 Å². The number of furan rings is 1. The molecule has 10 aromatic rings. The van der Waals surface area contributed by atoms with Gasteiger partial charge in [0.05, 0.1) is 50.2 Å². The van der Waals surface area contributed by atoms with Gasteiger partial charge in [0.15, 0.2) is 0 Å². The Bertz CT molecular complexity index is 2900. The summed E-state index contributed by atoms with van der Waals surface area (Å²) in [6.45, 7) is 0. The van der Waals surface area contributed by atoms with Crippen LogP contribution in [0.5, 0.6) is 0 Å². The van der Waals surface area contributed by atoms with Gasteiger partial charge in [0.2, 0.25) is 5.78 Å². The summed E-state index contributed by atoms with van der Waals surface area (Å²) < 4.78 is 13.8. The van der Waals surface area contributed by atoms with E-state index < -0.39 is 0 Å². The SMILES string of the molecule is Nc1cc2c(cc1-n1c(=O)n(-c3ccc4oc5ccccc5c4c3)c3ccccc31)nc1n(-c3ccccc3)c3ccccc3n21. The summed E-state index contributed by atoms with van der Waals surface area (Å²) in [4.78, 5) is 19.6. The molecule has 0 spiro atoms. The molecule has 46 heavy (non-hydrogen) atoms. The van der Waals surface area contributed by atoms with Gasteiger partial charge in [0, 0.05) is 16.5 Å². The summed E-state index contributed by atoms with van der Waals surface area (Å²) in [5, 5.41) is 1.96. The van der Waals surface area contributed by atoms with Crippen molar-refractivity contribution in [3.63, 3.8) is 0 Å². The van der Waals surface area contributed by atoms with Crippen LogP contribution >= 0.6 is 0 Å². The maximum Gasteiger partial charge on any atom is 0.338 e. The predicted octanol–water partition coefficient (Wildman–Crippen LogP) is 8.01. The van der Waals surface area contributed by atoms with E-state index in [2.05, 4.69) is 33.2 Å². The van der Waals surface area contributed by atoms with E-state index >= 15 is 0 Å². The molecular weight excluding hydrogens is 572 g/mol. The molecule has 0 bridgehead atoms. The van der Waals surface area contributed by atoms with Gasteiger partial charge in [-0.05, 0) is 72.8 Å². The molecule has 0 fully saturated rings. The average Bonchev–Trinajstić information content (AvgIpc) is 3.81. The Kier molecular flexibility index (Phi) is 4.86. The fraction of sp³-hybridized carbons (Fsp3) is 0. The Morgan fingerprint density at radius 3 is 2.00 bits per heavy atom. The van der Waals surface area contributed by atoms with E-state index in [1.54, 1.807) is 9.13 Å². The maximum absolute atomic E-state index is 14.5. The Hall–Kier alpha value is -6.54. The van der Waals surface area contributed by atoms with Crippen LogP contribution in [0.15, 0.2) is 143 Å². The second kappa shape index (κ2) is 8.99. The van der Waals surface area contributed by atoms with Gasteiger partial charge >= 0.3 is 5.69 Å². The van der Waals surface area contributed by atoms with Crippen LogP contribution < -0.4 is 11.4 Å². The van der Waals surface area contributed by atoms with Gasteiger partial charge in [-0.25, -0.2) is 9.78 Å². The lowest BCUT2D eigenvalue weighted by Gasteiger charge is -2.08. The molecule has 0 saturated heterocycles. The van der Waals surface area contributed by atoms with E-state index in [4.69, 9.17) is 15.1 Å². The van der Waals surface area contributed by atoms with Crippen molar-refractivity contribution in [2.45, 2.75) is 0 Å². The predicted molar refractivity (Wildman–Crippen MR) is 184 cm³/mol. The molecule has 0 unspecified atom stereocenters. The molecule has 0 radical (unpaired) electrons. The molecule has 10 rings (SSSR count). The van der Waals surface area contributed by atoms with Crippen LogP contribution in [0.2, 0.25) is 0 Å². The van der Waals surface area contributed by atoms with E-state index in [0.29, 0.717) is 11.4 Å². The number of nitrogen functional groups attached to an aromatic ring is 1. The second-order valence-corrected chi connectivity index (χ2v) is 11.5. The van der Waals surface area contributed by atoms with Crippen LogP contribution in [0.3, 0.4) is 0 Å².